The van der Waals surface area contributed by atoms with Crippen LogP contribution in [0.3, 0.4) is 0 Å². The Morgan fingerprint density at radius 1 is 1.24 bits per heavy atom. The van der Waals surface area contributed by atoms with Crippen LogP contribution in [0.1, 0.15) is 25.0 Å². The van der Waals surface area contributed by atoms with Gasteiger partial charge < -0.3 is 5.11 Å². The topological polar surface area (TPSA) is 43.8 Å². The highest BCUT2D eigenvalue weighted by Crippen LogP contribution is 2.16. The van der Waals surface area contributed by atoms with E-state index in [0.717, 1.165) is 25.2 Å². The third kappa shape index (κ3) is 4.41. The van der Waals surface area contributed by atoms with Crippen molar-refractivity contribution in [2.75, 3.05) is 20.1 Å². The molecule has 1 heterocycles. The Bertz CT molecular complexity index is 498. The van der Waals surface area contributed by atoms with Gasteiger partial charge in [-0.15, -0.1) is 0 Å². The second-order valence-electron chi connectivity index (χ2n) is 5.97. The summed E-state index contributed by atoms with van der Waals surface area (Å²) in [5.74, 6) is -0.917. The van der Waals surface area contributed by atoms with Crippen LogP contribution >= 0.6 is 0 Å². The molecule has 114 valence electrons. The Balaban J connectivity index is 1.96. The maximum atomic E-state index is 10.5. The van der Waals surface area contributed by atoms with Crippen molar-refractivity contribution < 1.29 is 9.90 Å². The minimum absolute atomic E-state index is 0.575. The molecule has 0 aromatic heterocycles. The van der Waals surface area contributed by atoms with Gasteiger partial charge in [-0.1, -0.05) is 24.3 Å². The van der Waals surface area contributed by atoms with Gasteiger partial charge in [-0.25, -0.2) is 4.79 Å². The molecule has 1 saturated heterocycles. The summed E-state index contributed by atoms with van der Waals surface area (Å²) in [4.78, 5) is 15.4. The van der Waals surface area contributed by atoms with Crippen LogP contribution in [0.25, 0.3) is 6.08 Å². The molecule has 0 spiro atoms. The molecule has 2 rings (SSSR count). The number of rotatable bonds is 4. The minimum atomic E-state index is -0.917. The zero-order chi connectivity index (χ0) is 15.4. The number of carboxylic acids is 1. The van der Waals surface area contributed by atoms with Crippen molar-refractivity contribution in [1.82, 2.24) is 9.80 Å². The van der Waals surface area contributed by atoms with Crippen molar-refractivity contribution in [2.45, 2.75) is 32.5 Å². The molecule has 0 radical (unpaired) electrons. The highest BCUT2D eigenvalue weighted by atomic mass is 16.4. The van der Waals surface area contributed by atoms with Gasteiger partial charge >= 0.3 is 5.97 Å². The summed E-state index contributed by atoms with van der Waals surface area (Å²) in [5.41, 5.74) is 2.19. The van der Waals surface area contributed by atoms with E-state index in [4.69, 9.17) is 5.11 Å². The van der Waals surface area contributed by atoms with E-state index < -0.39 is 5.97 Å². The van der Waals surface area contributed by atoms with Crippen LogP contribution in [0.2, 0.25) is 0 Å². The Morgan fingerprint density at radius 3 is 2.33 bits per heavy atom. The van der Waals surface area contributed by atoms with Crippen LogP contribution in [0.15, 0.2) is 30.3 Å². The molecule has 1 aromatic rings. The van der Waals surface area contributed by atoms with Crippen LogP contribution in [-0.2, 0) is 11.3 Å². The van der Waals surface area contributed by atoms with Crippen LogP contribution in [0.4, 0.5) is 0 Å². The predicted octanol–water partition coefficient (Wildman–Crippen LogP) is 2.31. The van der Waals surface area contributed by atoms with Crippen molar-refractivity contribution in [2.24, 2.45) is 0 Å². The fourth-order valence-electron chi connectivity index (χ4n) is 2.80. The Morgan fingerprint density at radius 2 is 1.81 bits per heavy atom. The first-order valence-corrected chi connectivity index (χ1v) is 7.40. The first-order valence-electron chi connectivity index (χ1n) is 7.40. The second kappa shape index (κ2) is 6.87. The number of benzene rings is 1. The summed E-state index contributed by atoms with van der Waals surface area (Å²) >= 11 is 0. The van der Waals surface area contributed by atoms with Crippen molar-refractivity contribution in [3.05, 3.63) is 41.5 Å². The van der Waals surface area contributed by atoms with E-state index in [9.17, 15) is 4.79 Å². The molecule has 0 bridgehead atoms. The smallest absolute Gasteiger partial charge is 0.328 e. The fourth-order valence-corrected chi connectivity index (χ4v) is 2.80. The highest BCUT2D eigenvalue weighted by Gasteiger charge is 2.26. The van der Waals surface area contributed by atoms with Crippen molar-refractivity contribution >= 4 is 12.0 Å². The zero-order valence-corrected chi connectivity index (χ0v) is 13.0. The second-order valence-corrected chi connectivity index (χ2v) is 5.97. The van der Waals surface area contributed by atoms with Crippen molar-refractivity contribution in [1.29, 1.82) is 0 Å². The lowest BCUT2D eigenvalue weighted by Gasteiger charge is -2.42. The summed E-state index contributed by atoms with van der Waals surface area (Å²) < 4.78 is 0. The average Bonchev–Trinajstić information content (AvgIpc) is 2.44. The molecule has 4 heteroatoms. The molecule has 1 fully saturated rings. The number of hydrogen-bond donors (Lipinski definition) is 1. The SMILES string of the molecule is CC1CN(Cc2ccc(/C=C/C(=O)O)cc2)CC(C)N1C. The standard InChI is InChI=1S/C17H24N2O2/c1-13-10-19(11-14(2)18(13)3)12-16-6-4-15(5-7-16)8-9-17(20)21/h4-9,13-14H,10-12H2,1-3H3,(H,20,21)/b9-8+. The lowest BCUT2D eigenvalue weighted by Crippen LogP contribution is -2.54. The Hall–Kier alpha value is -1.65. The Kier molecular flexibility index (Phi) is 5.15. The third-order valence-electron chi connectivity index (χ3n) is 4.24. The summed E-state index contributed by atoms with van der Waals surface area (Å²) in [7, 11) is 2.19. The van der Waals surface area contributed by atoms with Gasteiger partial charge in [0.15, 0.2) is 0 Å². The third-order valence-corrected chi connectivity index (χ3v) is 4.24. The van der Waals surface area contributed by atoms with Gasteiger partial charge in [0.1, 0.15) is 0 Å². The molecule has 2 atom stereocenters. The molecule has 1 aliphatic heterocycles. The summed E-state index contributed by atoms with van der Waals surface area (Å²) in [6, 6.07) is 9.25. The maximum Gasteiger partial charge on any atom is 0.328 e. The van der Waals surface area contributed by atoms with Crippen LogP contribution < -0.4 is 0 Å². The Labute approximate surface area is 126 Å². The van der Waals surface area contributed by atoms with E-state index in [1.807, 2.05) is 12.1 Å². The van der Waals surface area contributed by atoms with E-state index in [1.54, 1.807) is 6.08 Å². The molecular formula is C17H24N2O2. The van der Waals surface area contributed by atoms with E-state index in [-0.39, 0.29) is 0 Å². The average molecular weight is 288 g/mol. The molecule has 21 heavy (non-hydrogen) atoms. The van der Waals surface area contributed by atoms with E-state index in [2.05, 4.69) is 42.8 Å². The van der Waals surface area contributed by atoms with Gasteiger partial charge in [0, 0.05) is 37.8 Å². The van der Waals surface area contributed by atoms with Crippen LogP contribution in [0, 0.1) is 0 Å². The normalized spacial score (nSPS) is 24.5. The number of carbonyl (C=O) groups is 1. The van der Waals surface area contributed by atoms with Gasteiger partial charge in [0.05, 0.1) is 0 Å². The first-order chi connectivity index (χ1) is 9.95. The number of piperazine rings is 1. The zero-order valence-electron chi connectivity index (χ0n) is 13.0. The molecule has 1 aliphatic rings. The van der Waals surface area contributed by atoms with E-state index >= 15 is 0 Å². The molecule has 1 N–H and O–H groups in total. The lowest BCUT2D eigenvalue weighted by atomic mass is 10.1. The predicted molar refractivity (Wildman–Crippen MR) is 85.1 cm³/mol. The maximum absolute atomic E-state index is 10.5. The molecule has 4 nitrogen and oxygen atoms in total. The minimum Gasteiger partial charge on any atom is -0.478 e. The van der Waals surface area contributed by atoms with Crippen molar-refractivity contribution in [3.63, 3.8) is 0 Å². The van der Waals surface area contributed by atoms with Crippen LogP contribution in [-0.4, -0.2) is 53.1 Å². The van der Waals surface area contributed by atoms with Gasteiger partial charge in [-0.2, -0.15) is 0 Å². The molecule has 0 saturated carbocycles. The quantitative estimate of drug-likeness (QED) is 0.864. The van der Waals surface area contributed by atoms with Crippen LogP contribution in [0.5, 0.6) is 0 Å². The number of hydrogen-bond acceptors (Lipinski definition) is 3. The van der Waals surface area contributed by atoms with Gasteiger partial charge in [0.25, 0.3) is 0 Å². The molecular weight excluding hydrogens is 264 g/mol. The first kappa shape index (κ1) is 15.7. The molecule has 0 aliphatic carbocycles. The van der Waals surface area contributed by atoms with Crippen molar-refractivity contribution in [3.8, 4) is 0 Å². The molecule has 1 aromatic carbocycles. The fraction of sp³-hybridized carbons (Fsp3) is 0.471. The largest absolute Gasteiger partial charge is 0.478 e. The van der Waals surface area contributed by atoms with E-state index in [0.29, 0.717) is 12.1 Å². The monoisotopic (exact) mass is 288 g/mol. The lowest BCUT2D eigenvalue weighted by molar-refractivity contribution is -0.131. The van der Waals surface area contributed by atoms with Gasteiger partial charge in [0.2, 0.25) is 0 Å². The summed E-state index contributed by atoms with van der Waals surface area (Å²) in [5, 5.41) is 8.62. The summed E-state index contributed by atoms with van der Waals surface area (Å²) in [6.07, 6.45) is 2.78. The number of nitrogens with zero attached hydrogens (tertiary/aromatic N) is 2. The highest BCUT2D eigenvalue weighted by molar-refractivity contribution is 5.85. The van der Waals surface area contributed by atoms with Gasteiger partial charge in [-0.05, 0) is 38.1 Å². The molecule has 2 unspecified atom stereocenters. The van der Waals surface area contributed by atoms with Gasteiger partial charge in [-0.3, -0.25) is 9.80 Å². The number of carboxylic acid groups (broad SMARTS) is 1. The molecule has 0 amide bonds. The van der Waals surface area contributed by atoms with E-state index in [1.165, 1.54) is 11.6 Å². The number of likely N-dealkylation sites (N-methyl/N-ethyl adjacent to an activating group) is 1. The number of aliphatic carboxylic acids is 1. The summed E-state index contributed by atoms with van der Waals surface area (Å²) in [6.45, 7) is 7.65.